The molecular weight excluding hydrogens is 723 g/mol. The Morgan fingerprint density at radius 1 is 0.782 bits per heavy atom. The van der Waals surface area contributed by atoms with E-state index in [4.69, 9.17) is 19.3 Å². The minimum atomic E-state index is -4.82. The van der Waals surface area contributed by atoms with Crippen LogP contribution in [0.4, 0.5) is 0 Å². The van der Waals surface area contributed by atoms with Crippen LogP contribution in [-0.2, 0) is 32.9 Å². The molecule has 5 atom stereocenters. The maximum atomic E-state index is 12.5. The third-order valence-corrected chi connectivity index (χ3v) is 9.90. The van der Waals surface area contributed by atoms with Gasteiger partial charge in [0.2, 0.25) is 0 Å². The van der Waals surface area contributed by atoms with Crippen LogP contribution in [0.5, 0.6) is 0 Å². The van der Waals surface area contributed by atoms with Gasteiger partial charge in [0.1, 0.15) is 12.4 Å². The smallest absolute Gasteiger partial charge is 0.462 e. The van der Waals surface area contributed by atoms with Gasteiger partial charge in [0, 0.05) is 31.1 Å². The molecule has 1 saturated carbocycles. The molecule has 12 heteroatoms. The van der Waals surface area contributed by atoms with Gasteiger partial charge in [0.05, 0.1) is 18.8 Å². The second kappa shape index (κ2) is 32.4. The fraction of sp³-hybridized carbons (Fsp3) is 0.698. The number of unbranched alkanes of at least 4 members (excludes halogenated alkanes) is 9. The summed E-state index contributed by atoms with van der Waals surface area (Å²) in [6.07, 6.45) is 34.1. The third-order valence-electron chi connectivity index (χ3n) is 9.42. The summed E-state index contributed by atoms with van der Waals surface area (Å²) < 4.78 is 26.3. The van der Waals surface area contributed by atoms with Gasteiger partial charge in [-0.15, -0.1) is 0 Å². The van der Waals surface area contributed by atoms with Crippen molar-refractivity contribution in [2.24, 2.45) is 11.8 Å². The molecule has 314 valence electrons. The summed E-state index contributed by atoms with van der Waals surface area (Å²) in [7, 11) is -4.82. The lowest BCUT2D eigenvalue weighted by Gasteiger charge is -2.18. The predicted molar refractivity (Wildman–Crippen MR) is 217 cm³/mol. The fourth-order valence-corrected chi connectivity index (χ4v) is 6.68. The zero-order chi connectivity index (χ0) is 40.6. The Labute approximate surface area is 330 Å². The van der Waals surface area contributed by atoms with E-state index >= 15 is 0 Å². The van der Waals surface area contributed by atoms with Crippen molar-refractivity contribution in [3.05, 3.63) is 60.8 Å². The monoisotopic (exact) mass is 794 g/mol. The van der Waals surface area contributed by atoms with E-state index in [-0.39, 0.29) is 43.5 Å². The molecule has 0 aromatic heterocycles. The van der Waals surface area contributed by atoms with Gasteiger partial charge in [-0.3, -0.25) is 18.9 Å². The molecule has 0 aliphatic heterocycles. The highest BCUT2D eigenvalue weighted by atomic mass is 31.2. The maximum Gasteiger partial charge on any atom is 0.469 e. The molecule has 0 amide bonds. The molecule has 4 N–H and O–H groups in total. The number of aliphatic hydroxyl groups is 2. The highest BCUT2D eigenvalue weighted by Crippen LogP contribution is 2.36. The Morgan fingerprint density at radius 2 is 1.38 bits per heavy atom. The Kier molecular flexibility index (Phi) is 29.7. The first-order valence-corrected chi connectivity index (χ1v) is 22.2. The van der Waals surface area contributed by atoms with E-state index in [0.717, 1.165) is 89.9 Å². The van der Waals surface area contributed by atoms with Crippen LogP contribution in [0.3, 0.4) is 0 Å². The SMILES string of the molecule is CC/C=C\C/C=C\C/C=C\C/C=C\CCCCCCC(=O)O[C@H](COC(=O)CCCCCC[C@H]1C(=O)C[C@@H](O)[C@@H]1/C=C/[C@@H](O)CCCCC)COP(=O)(O)O. The van der Waals surface area contributed by atoms with Crippen molar-refractivity contribution in [2.75, 3.05) is 13.2 Å². The number of hydrogen-bond acceptors (Lipinski definition) is 9. The van der Waals surface area contributed by atoms with E-state index in [1.807, 2.05) is 0 Å². The quantitative estimate of drug-likeness (QED) is 0.0216. The second-order valence-corrected chi connectivity index (χ2v) is 15.6. The Morgan fingerprint density at radius 3 is 2.02 bits per heavy atom. The van der Waals surface area contributed by atoms with Crippen LogP contribution in [-0.4, -0.2) is 69.2 Å². The average molecular weight is 795 g/mol. The van der Waals surface area contributed by atoms with Crippen molar-refractivity contribution < 1.29 is 52.9 Å². The van der Waals surface area contributed by atoms with Crippen molar-refractivity contribution in [2.45, 2.75) is 167 Å². The molecule has 0 unspecified atom stereocenters. The standard InChI is InChI=1S/C43H71O11P/c1-3-5-7-8-9-10-11-12-13-14-15-16-17-18-19-20-26-30-43(48)54-37(35-53-55(49,50)51)34-52-42(47)29-25-22-21-24-28-38-39(41(46)33-40(38)45)32-31-36(44)27-23-6-4-2/h5,7,9-10,12-13,15-16,31-32,36-39,41,44,46H,3-4,6,8,11,14,17-30,33-35H2,1-2H3,(H2,49,50,51)/b7-5-,10-9-,13-12-,16-15-,32-31+/t36-,37+,38+,39+,41+/m0/s1. The van der Waals surface area contributed by atoms with Gasteiger partial charge in [-0.1, -0.05) is 126 Å². The van der Waals surface area contributed by atoms with Gasteiger partial charge in [-0.25, -0.2) is 4.57 Å². The zero-order valence-electron chi connectivity index (χ0n) is 33.5. The first-order chi connectivity index (χ1) is 26.5. The molecule has 1 aliphatic rings. The highest BCUT2D eigenvalue weighted by molar-refractivity contribution is 7.46. The van der Waals surface area contributed by atoms with Gasteiger partial charge < -0.3 is 29.5 Å². The molecule has 11 nitrogen and oxygen atoms in total. The van der Waals surface area contributed by atoms with E-state index in [2.05, 4.69) is 67.0 Å². The summed E-state index contributed by atoms with van der Waals surface area (Å²) >= 11 is 0. The summed E-state index contributed by atoms with van der Waals surface area (Å²) in [5, 5.41) is 20.6. The Bertz CT molecular complexity index is 1230. The topological polar surface area (TPSA) is 177 Å². The molecule has 0 aromatic rings. The van der Waals surface area contributed by atoms with E-state index in [1.54, 1.807) is 12.2 Å². The molecule has 0 radical (unpaired) electrons. The lowest BCUT2D eigenvalue weighted by molar-refractivity contribution is -0.161. The molecule has 1 fully saturated rings. The minimum Gasteiger partial charge on any atom is -0.462 e. The lowest BCUT2D eigenvalue weighted by Crippen LogP contribution is -2.29. The molecule has 0 bridgehead atoms. The number of carbonyl (C=O) groups is 3. The van der Waals surface area contributed by atoms with Crippen LogP contribution in [0.15, 0.2) is 60.8 Å². The summed E-state index contributed by atoms with van der Waals surface area (Å²) in [5.74, 6) is -1.62. The lowest BCUT2D eigenvalue weighted by atomic mass is 9.88. The molecule has 1 rings (SSSR count). The number of allylic oxidation sites excluding steroid dienone is 8. The van der Waals surface area contributed by atoms with Crippen LogP contribution < -0.4 is 0 Å². The van der Waals surface area contributed by atoms with Crippen molar-refractivity contribution in [3.8, 4) is 0 Å². The van der Waals surface area contributed by atoms with Crippen LogP contribution in [0.25, 0.3) is 0 Å². The number of ether oxygens (including phenoxy) is 2. The van der Waals surface area contributed by atoms with Gasteiger partial charge in [-0.05, 0) is 64.2 Å². The Hall–Kier alpha value is -2.66. The van der Waals surface area contributed by atoms with Crippen LogP contribution >= 0.6 is 7.82 Å². The van der Waals surface area contributed by atoms with Gasteiger partial charge >= 0.3 is 19.8 Å². The molecule has 0 spiro atoms. The van der Waals surface area contributed by atoms with E-state index in [0.29, 0.717) is 25.7 Å². The number of rotatable bonds is 33. The first-order valence-electron chi connectivity index (χ1n) is 20.7. The molecule has 55 heavy (non-hydrogen) atoms. The van der Waals surface area contributed by atoms with Gasteiger partial charge in [0.15, 0.2) is 6.10 Å². The van der Waals surface area contributed by atoms with Crippen molar-refractivity contribution in [1.29, 1.82) is 0 Å². The van der Waals surface area contributed by atoms with Crippen molar-refractivity contribution in [3.63, 3.8) is 0 Å². The number of hydrogen-bond donors (Lipinski definition) is 4. The van der Waals surface area contributed by atoms with Gasteiger partial charge in [-0.2, -0.15) is 0 Å². The number of phosphoric ester groups is 1. The molecule has 1 aliphatic carbocycles. The van der Waals surface area contributed by atoms with Crippen molar-refractivity contribution >= 4 is 25.5 Å². The summed E-state index contributed by atoms with van der Waals surface area (Å²) in [4.78, 5) is 55.6. The number of carbonyl (C=O) groups excluding carboxylic acids is 3. The summed E-state index contributed by atoms with van der Waals surface area (Å²) in [5.41, 5.74) is 0. The normalized spacial score (nSPS) is 19.2. The van der Waals surface area contributed by atoms with Crippen LogP contribution in [0.2, 0.25) is 0 Å². The largest absolute Gasteiger partial charge is 0.469 e. The zero-order valence-corrected chi connectivity index (χ0v) is 34.4. The van der Waals surface area contributed by atoms with Gasteiger partial charge in [0.25, 0.3) is 0 Å². The molecular formula is C43H71O11P. The highest BCUT2D eigenvalue weighted by Gasteiger charge is 2.39. The van der Waals surface area contributed by atoms with E-state index in [1.165, 1.54) is 0 Å². The number of aliphatic hydroxyl groups excluding tert-OH is 2. The fourth-order valence-electron chi connectivity index (χ4n) is 6.32. The van der Waals surface area contributed by atoms with E-state index in [9.17, 15) is 29.2 Å². The summed E-state index contributed by atoms with van der Waals surface area (Å²) in [6, 6.07) is 0. The van der Waals surface area contributed by atoms with E-state index < -0.39 is 44.7 Å². The number of phosphoric acid groups is 1. The third kappa shape index (κ3) is 28.4. The number of Topliss-reactive ketones (excluding diaryl/α,β-unsaturated/α-hetero) is 1. The Balaban J connectivity index is 2.29. The first kappa shape index (κ1) is 50.4. The average Bonchev–Trinajstić information content (AvgIpc) is 3.41. The van der Waals surface area contributed by atoms with Crippen LogP contribution in [0, 0.1) is 11.8 Å². The van der Waals surface area contributed by atoms with Crippen molar-refractivity contribution in [1.82, 2.24) is 0 Å². The minimum absolute atomic E-state index is 0.0395. The second-order valence-electron chi connectivity index (χ2n) is 14.4. The number of esters is 2. The predicted octanol–water partition coefficient (Wildman–Crippen LogP) is 9.10. The molecule has 0 aromatic carbocycles. The van der Waals surface area contributed by atoms with Crippen LogP contribution in [0.1, 0.15) is 149 Å². The summed E-state index contributed by atoms with van der Waals surface area (Å²) in [6.45, 7) is 3.24. The maximum absolute atomic E-state index is 12.5. The molecule has 0 saturated heterocycles. The number of ketones is 1. The molecule has 0 heterocycles.